The number of benzene rings is 2. The molecule has 0 radical (unpaired) electrons. The fraction of sp³-hybridized carbons (Fsp3) is 0.200. The molecule has 3 rings (SSSR count). The molecular weight excluding hydrogens is 228 g/mol. The van der Waals surface area contributed by atoms with Crippen molar-refractivity contribution < 1.29 is 14.3 Å². The van der Waals surface area contributed by atoms with Gasteiger partial charge in [-0.2, -0.15) is 0 Å². The van der Waals surface area contributed by atoms with Crippen LogP contribution in [0.1, 0.15) is 6.42 Å². The van der Waals surface area contributed by atoms with Crippen LogP contribution in [0.25, 0.3) is 21.9 Å². The summed E-state index contributed by atoms with van der Waals surface area (Å²) in [5.41, 5.74) is 1.70. The molecule has 0 spiro atoms. The largest absolute Gasteiger partial charge is 0.493 e. The first-order valence-electron chi connectivity index (χ1n) is 6.04. The maximum Gasteiger partial charge on any atom is 0.139 e. The number of hydrogen-bond acceptors (Lipinski definition) is 3. The molecule has 92 valence electrons. The molecular formula is C15H14O3. The Labute approximate surface area is 105 Å². The number of fused-ring (bicyclic) bond motifs is 3. The Morgan fingerprint density at radius 2 is 1.83 bits per heavy atom. The number of para-hydroxylation sites is 1. The summed E-state index contributed by atoms with van der Waals surface area (Å²) in [7, 11) is 0. The number of furan rings is 1. The maximum atomic E-state index is 8.79. The zero-order valence-corrected chi connectivity index (χ0v) is 9.93. The van der Waals surface area contributed by atoms with Crippen LogP contribution in [-0.4, -0.2) is 18.3 Å². The number of aliphatic hydroxyl groups is 1. The Bertz CT molecular complexity index is 670. The molecule has 0 atom stereocenters. The molecule has 0 fully saturated rings. The van der Waals surface area contributed by atoms with Crippen molar-refractivity contribution in [2.24, 2.45) is 0 Å². The molecule has 1 heterocycles. The molecule has 2 aromatic carbocycles. The minimum atomic E-state index is 0.141. The fourth-order valence-electron chi connectivity index (χ4n) is 2.11. The van der Waals surface area contributed by atoms with Crippen molar-refractivity contribution in [3.8, 4) is 5.75 Å². The molecule has 0 saturated heterocycles. The minimum absolute atomic E-state index is 0.141. The lowest BCUT2D eigenvalue weighted by Crippen LogP contribution is -1.99. The highest BCUT2D eigenvalue weighted by atomic mass is 16.5. The highest BCUT2D eigenvalue weighted by Gasteiger charge is 2.10. The maximum absolute atomic E-state index is 8.79. The SMILES string of the molecule is OCCCOc1cccc2oc3ccccc3c12. The van der Waals surface area contributed by atoms with Crippen molar-refractivity contribution in [2.75, 3.05) is 13.2 Å². The summed E-state index contributed by atoms with van der Waals surface area (Å²) >= 11 is 0. The van der Waals surface area contributed by atoms with Crippen LogP contribution in [0.3, 0.4) is 0 Å². The Balaban J connectivity index is 2.13. The predicted molar refractivity (Wildman–Crippen MR) is 70.9 cm³/mol. The number of ether oxygens (including phenoxy) is 1. The van der Waals surface area contributed by atoms with Crippen LogP contribution < -0.4 is 4.74 Å². The van der Waals surface area contributed by atoms with E-state index < -0.39 is 0 Å². The van der Waals surface area contributed by atoms with Gasteiger partial charge in [0.05, 0.1) is 12.0 Å². The Morgan fingerprint density at radius 3 is 2.72 bits per heavy atom. The second kappa shape index (κ2) is 4.70. The summed E-state index contributed by atoms with van der Waals surface area (Å²) in [5.74, 6) is 0.811. The van der Waals surface area contributed by atoms with Crippen molar-refractivity contribution in [1.82, 2.24) is 0 Å². The van der Waals surface area contributed by atoms with Crippen LogP contribution in [-0.2, 0) is 0 Å². The molecule has 3 nitrogen and oxygen atoms in total. The zero-order chi connectivity index (χ0) is 12.4. The molecule has 18 heavy (non-hydrogen) atoms. The van der Waals surface area contributed by atoms with E-state index in [0.29, 0.717) is 13.0 Å². The minimum Gasteiger partial charge on any atom is -0.493 e. The van der Waals surface area contributed by atoms with Gasteiger partial charge >= 0.3 is 0 Å². The quantitative estimate of drug-likeness (QED) is 0.713. The Morgan fingerprint density at radius 1 is 1.00 bits per heavy atom. The summed E-state index contributed by atoms with van der Waals surface area (Å²) in [6.45, 7) is 0.650. The third-order valence-electron chi connectivity index (χ3n) is 2.92. The van der Waals surface area contributed by atoms with Crippen LogP contribution in [0.4, 0.5) is 0 Å². The van der Waals surface area contributed by atoms with Gasteiger partial charge in [-0.05, 0) is 18.2 Å². The average Bonchev–Trinajstić information content (AvgIpc) is 2.78. The topological polar surface area (TPSA) is 42.6 Å². The first-order valence-corrected chi connectivity index (χ1v) is 6.04. The highest BCUT2D eigenvalue weighted by Crippen LogP contribution is 2.35. The molecule has 3 heteroatoms. The first kappa shape index (κ1) is 11.1. The molecule has 0 aliphatic heterocycles. The van der Waals surface area contributed by atoms with Crippen molar-refractivity contribution >= 4 is 21.9 Å². The predicted octanol–water partition coefficient (Wildman–Crippen LogP) is 3.35. The number of rotatable bonds is 4. The fourth-order valence-corrected chi connectivity index (χ4v) is 2.11. The van der Waals surface area contributed by atoms with Crippen LogP contribution >= 0.6 is 0 Å². The normalized spacial score (nSPS) is 11.2. The van der Waals surface area contributed by atoms with Gasteiger partial charge in [-0.15, -0.1) is 0 Å². The Kier molecular flexibility index (Phi) is 2.90. The van der Waals surface area contributed by atoms with E-state index in [0.717, 1.165) is 27.7 Å². The van der Waals surface area contributed by atoms with Gasteiger partial charge in [0.1, 0.15) is 16.9 Å². The zero-order valence-electron chi connectivity index (χ0n) is 9.93. The second-order valence-corrected chi connectivity index (χ2v) is 4.15. The number of aliphatic hydroxyl groups excluding tert-OH is 1. The van der Waals surface area contributed by atoms with Crippen molar-refractivity contribution in [2.45, 2.75) is 6.42 Å². The van der Waals surface area contributed by atoms with Gasteiger partial charge in [0, 0.05) is 18.4 Å². The van der Waals surface area contributed by atoms with E-state index in [9.17, 15) is 0 Å². The molecule has 0 amide bonds. The second-order valence-electron chi connectivity index (χ2n) is 4.15. The average molecular weight is 242 g/mol. The smallest absolute Gasteiger partial charge is 0.139 e. The summed E-state index contributed by atoms with van der Waals surface area (Å²) in [4.78, 5) is 0. The van der Waals surface area contributed by atoms with Gasteiger partial charge in [0.15, 0.2) is 0 Å². The third-order valence-corrected chi connectivity index (χ3v) is 2.92. The summed E-state index contributed by atoms with van der Waals surface area (Å²) in [6, 6.07) is 13.7. The van der Waals surface area contributed by atoms with Gasteiger partial charge < -0.3 is 14.3 Å². The molecule has 1 N–H and O–H groups in total. The van der Waals surface area contributed by atoms with Gasteiger partial charge in [-0.3, -0.25) is 0 Å². The van der Waals surface area contributed by atoms with Crippen molar-refractivity contribution in [3.05, 3.63) is 42.5 Å². The summed E-state index contributed by atoms with van der Waals surface area (Å²) < 4.78 is 11.5. The molecule has 0 bridgehead atoms. The molecule has 3 aromatic rings. The van der Waals surface area contributed by atoms with Crippen LogP contribution in [0.5, 0.6) is 5.75 Å². The van der Waals surface area contributed by atoms with Gasteiger partial charge in [-0.25, -0.2) is 0 Å². The van der Waals surface area contributed by atoms with E-state index in [4.69, 9.17) is 14.3 Å². The molecule has 0 aliphatic rings. The lowest BCUT2D eigenvalue weighted by molar-refractivity contribution is 0.235. The molecule has 0 saturated carbocycles. The highest BCUT2D eigenvalue weighted by molar-refractivity contribution is 6.08. The van der Waals surface area contributed by atoms with Crippen molar-refractivity contribution in [3.63, 3.8) is 0 Å². The molecule has 0 unspecified atom stereocenters. The summed E-state index contributed by atoms with van der Waals surface area (Å²) in [6.07, 6.45) is 0.631. The van der Waals surface area contributed by atoms with Crippen LogP contribution in [0.2, 0.25) is 0 Å². The van der Waals surface area contributed by atoms with Gasteiger partial charge in [-0.1, -0.05) is 24.3 Å². The lowest BCUT2D eigenvalue weighted by Gasteiger charge is -2.05. The van der Waals surface area contributed by atoms with Crippen LogP contribution in [0.15, 0.2) is 46.9 Å². The monoisotopic (exact) mass is 242 g/mol. The Hall–Kier alpha value is -2.00. The van der Waals surface area contributed by atoms with E-state index >= 15 is 0 Å². The van der Waals surface area contributed by atoms with E-state index in [1.165, 1.54) is 0 Å². The number of hydrogen-bond donors (Lipinski definition) is 1. The third kappa shape index (κ3) is 1.83. The van der Waals surface area contributed by atoms with Crippen molar-refractivity contribution in [1.29, 1.82) is 0 Å². The summed E-state index contributed by atoms with van der Waals surface area (Å²) in [5, 5.41) is 10.9. The van der Waals surface area contributed by atoms with Gasteiger partial charge in [0.25, 0.3) is 0 Å². The standard InChI is InChI=1S/C15H14O3/c16-9-4-10-17-13-7-3-8-14-15(13)11-5-1-2-6-12(11)18-14/h1-3,5-8,16H,4,9-10H2. The van der Waals surface area contributed by atoms with E-state index in [1.807, 2.05) is 42.5 Å². The van der Waals surface area contributed by atoms with Crippen LogP contribution in [0, 0.1) is 0 Å². The van der Waals surface area contributed by atoms with E-state index in [2.05, 4.69) is 0 Å². The first-order chi connectivity index (χ1) is 8.90. The molecule has 0 aliphatic carbocycles. The van der Waals surface area contributed by atoms with E-state index in [-0.39, 0.29) is 6.61 Å². The van der Waals surface area contributed by atoms with Gasteiger partial charge in [0.2, 0.25) is 0 Å². The van der Waals surface area contributed by atoms with E-state index in [1.54, 1.807) is 0 Å². The lowest BCUT2D eigenvalue weighted by atomic mass is 10.1. The molecule has 1 aromatic heterocycles.